The number of hydrogen-bond acceptors (Lipinski definition) is 5. The molecule has 27 heavy (non-hydrogen) atoms. The van der Waals surface area contributed by atoms with Crippen LogP contribution in [0.4, 0.5) is 4.79 Å². The molecule has 0 saturated carbocycles. The number of hydrogen-bond donors (Lipinski definition) is 1. The Morgan fingerprint density at radius 1 is 1.11 bits per heavy atom. The van der Waals surface area contributed by atoms with Gasteiger partial charge in [0.2, 0.25) is 0 Å². The molecule has 1 aromatic carbocycles. The Balaban J connectivity index is 2.02. The Bertz CT molecular complexity index is 758. The van der Waals surface area contributed by atoms with Crippen molar-refractivity contribution in [3.63, 3.8) is 0 Å². The molecule has 1 atom stereocenters. The predicted molar refractivity (Wildman–Crippen MR) is 105 cm³/mol. The number of benzene rings is 1. The lowest BCUT2D eigenvalue weighted by Crippen LogP contribution is -2.45. The van der Waals surface area contributed by atoms with Gasteiger partial charge in [-0.2, -0.15) is 0 Å². The second kappa shape index (κ2) is 9.50. The predicted octanol–water partition coefficient (Wildman–Crippen LogP) is 4.02. The molecule has 1 N–H and O–H groups in total. The SMILES string of the molecule is CC(C)(C)OC(=O)C(Cc1ccc(Br)nc1)NC(=O)OCc1ccccc1. The number of rotatable bonds is 6. The number of aromatic nitrogens is 1. The Hall–Kier alpha value is -2.41. The number of ether oxygens (including phenoxy) is 2. The van der Waals surface area contributed by atoms with E-state index in [9.17, 15) is 9.59 Å². The van der Waals surface area contributed by atoms with Gasteiger partial charge >= 0.3 is 12.1 Å². The van der Waals surface area contributed by atoms with Crippen LogP contribution >= 0.6 is 15.9 Å². The third kappa shape index (κ3) is 7.78. The first-order valence-corrected chi connectivity index (χ1v) is 9.33. The van der Waals surface area contributed by atoms with E-state index in [4.69, 9.17) is 9.47 Å². The molecule has 0 aliphatic carbocycles. The summed E-state index contributed by atoms with van der Waals surface area (Å²) < 4.78 is 11.3. The smallest absolute Gasteiger partial charge is 0.408 e. The van der Waals surface area contributed by atoms with Crippen LogP contribution in [0.1, 0.15) is 31.9 Å². The van der Waals surface area contributed by atoms with Crippen molar-refractivity contribution in [1.29, 1.82) is 0 Å². The van der Waals surface area contributed by atoms with Crippen molar-refractivity contribution in [2.75, 3.05) is 0 Å². The van der Waals surface area contributed by atoms with E-state index in [1.165, 1.54) is 0 Å². The first kappa shape index (κ1) is 20.9. The second-order valence-electron chi connectivity index (χ2n) is 6.99. The summed E-state index contributed by atoms with van der Waals surface area (Å²) in [6.45, 7) is 5.44. The van der Waals surface area contributed by atoms with Gasteiger partial charge in [0.15, 0.2) is 0 Å². The topological polar surface area (TPSA) is 77.5 Å². The molecule has 7 heteroatoms. The first-order valence-electron chi connectivity index (χ1n) is 8.53. The number of esters is 1. The summed E-state index contributed by atoms with van der Waals surface area (Å²) in [6, 6.07) is 12.0. The van der Waals surface area contributed by atoms with Crippen LogP contribution in [0.3, 0.4) is 0 Å². The van der Waals surface area contributed by atoms with E-state index in [0.717, 1.165) is 11.1 Å². The number of pyridine rings is 1. The van der Waals surface area contributed by atoms with E-state index in [2.05, 4.69) is 26.2 Å². The van der Waals surface area contributed by atoms with E-state index < -0.39 is 23.7 Å². The maximum atomic E-state index is 12.5. The summed E-state index contributed by atoms with van der Waals surface area (Å²) >= 11 is 3.27. The van der Waals surface area contributed by atoms with Gasteiger partial charge in [0, 0.05) is 12.6 Å². The monoisotopic (exact) mass is 434 g/mol. The zero-order valence-corrected chi connectivity index (χ0v) is 17.2. The van der Waals surface area contributed by atoms with Crippen molar-refractivity contribution >= 4 is 28.0 Å². The molecule has 1 amide bonds. The molecular formula is C20H23BrN2O4. The van der Waals surface area contributed by atoms with Gasteiger partial charge in [0.1, 0.15) is 22.9 Å². The van der Waals surface area contributed by atoms with Gasteiger partial charge in [-0.05, 0) is 53.9 Å². The minimum absolute atomic E-state index is 0.119. The number of halogens is 1. The molecule has 2 aromatic rings. The van der Waals surface area contributed by atoms with Gasteiger partial charge < -0.3 is 14.8 Å². The number of carbonyl (C=O) groups is 2. The fourth-order valence-corrected chi connectivity index (χ4v) is 2.47. The number of alkyl carbamates (subject to hydrolysis) is 1. The van der Waals surface area contributed by atoms with E-state index in [-0.39, 0.29) is 13.0 Å². The average molecular weight is 435 g/mol. The van der Waals surface area contributed by atoms with Gasteiger partial charge in [-0.25, -0.2) is 14.6 Å². The minimum atomic E-state index is -0.879. The van der Waals surface area contributed by atoms with Crippen molar-refractivity contribution in [3.05, 3.63) is 64.4 Å². The van der Waals surface area contributed by atoms with Crippen molar-refractivity contribution in [2.24, 2.45) is 0 Å². The number of nitrogens with zero attached hydrogens (tertiary/aromatic N) is 1. The van der Waals surface area contributed by atoms with Crippen LogP contribution in [0.15, 0.2) is 53.3 Å². The molecule has 2 rings (SSSR count). The van der Waals surface area contributed by atoms with Crippen molar-refractivity contribution in [3.8, 4) is 0 Å². The van der Waals surface area contributed by atoms with Crippen molar-refractivity contribution in [1.82, 2.24) is 10.3 Å². The van der Waals surface area contributed by atoms with Gasteiger partial charge in [-0.15, -0.1) is 0 Å². The third-order valence-corrected chi connectivity index (χ3v) is 3.89. The van der Waals surface area contributed by atoms with Crippen LogP contribution in [0.25, 0.3) is 0 Å². The largest absolute Gasteiger partial charge is 0.458 e. The molecule has 1 unspecified atom stereocenters. The normalized spacial score (nSPS) is 12.1. The number of amides is 1. The summed E-state index contributed by atoms with van der Waals surface area (Å²) in [5.41, 5.74) is 0.985. The Kier molecular flexibility index (Phi) is 7.36. The summed E-state index contributed by atoms with van der Waals surface area (Å²) in [5.74, 6) is -0.526. The van der Waals surface area contributed by atoms with Crippen LogP contribution in [-0.4, -0.2) is 28.7 Å². The van der Waals surface area contributed by atoms with Crippen molar-refractivity contribution in [2.45, 2.75) is 45.4 Å². The van der Waals surface area contributed by atoms with Crippen LogP contribution < -0.4 is 5.32 Å². The lowest BCUT2D eigenvalue weighted by atomic mass is 10.1. The molecule has 6 nitrogen and oxygen atoms in total. The fraction of sp³-hybridized carbons (Fsp3) is 0.350. The molecule has 1 aromatic heterocycles. The second-order valence-corrected chi connectivity index (χ2v) is 7.80. The molecular weight excluding hydrogens is 412 g/mol. The molecule has 0 aliphatic heterocycles. The zero-order valence-electron chi connectivity index (χ0n) is 15.6. The van der Waals surface area contributed by atoms with E-state index in [1.54, 1.807) is 33.0 Å². The average Bonchev–Trinajstić information content (AvgIpc) is 2.60. The van der Waals surface area contributed by atoms with Crippen LogP contribution in [0.5, 0.6) is 0 Å². The zero-order chi connectivity index (χ0) is 19.9. The highest BCUT2D eigenvalue weighted by Gasteiger charge is 2.27. The first-order chi connectivity index (χ1) is 12.7. The molecule has 0 bridgehead atoms. The Morgan fingerprint density at radius 2 is 1.81 bits per heavy atom. The van der Waals surface area contributed by atoms with Gasteiger partial charge in [0.25, 0.3) is 0 Å². The Labute approximate surface area is 167 Å². The summed E-state index contributed by atoms with van der Waals surface area (Å²) in [4.78, 5) is 28.8. The summed E-state index contributed by atoms with van der Waals surface area (Å²) in [6.07, 6.45) is 1.20. The summed E-state index contributed by atoms with van der Waals surface area (Å²) in [7, 11) is 0. The standard InChI is InChI=1S/C20H23BrN2O4/c1-20(2,3)27-18(24)16(11-15-9-10-17(21)22-12-15)23-19(25)26-13-14-7-5-4-6-8-14/h4-10,12,16H,11,13H2,1-3H3,(H,23,25). The molecule has 0 radical (unpaired) electrons. The maximum Gasteiger partial charge on any atom is 0.408 e. The third-order valence-electron chi connectivity index (χ3n) is 3.42. The van der Waals surface area contributed by atoms with E-state index >= 15 is 0 Å². The Morgan fingerprint density at radius 3 is 2.41 bits per heavy atom. The van der Waals surface area contributed by atoms with Crippen LogP contribution in [0, 0.1) is 0 Å². The van der Waals surface area contributed by atoms with Gasteiger partial charge in [-0.1, -0.05) is 36.4 Å². The van der Waals surface area contributed by atoms with Crippen molar-refractivity contribution < 1.29 is 19.1 Å². The highest BCUT2D eigenvalue weighted by atomic mass is 79.9. The molecule has 0 fully saturated rings. The molecule has 0 saturated heterocycles. The van der Waals surface area contributed by atoms with E-state index in [1.807, 2.05) is 36.4 Å². The highest BCUT2D eigenvalue weighted by molar-refractivity contribution is 9.10. The lowest BCUT2D eigenvalue weighted by Gasteiger charge is -2.24. The van der Waals surface area contributed by atoms with Crippen LogP contribution in [-0.2, 0) is 27.3 Å². The number of nitrogens with one attached hydrogen (secondary N) is 1. The summed E-state index contributed by atoms with van der Waals surface area (Å²) in [5, 5.41) is 2.60. The quantitative estimate of drug-likeness (QED) is 0.548. The fourth-order valence-electron chi connectivity index (χ4n) is 2.24. The van der Waals surface area contributed by atoms with Crippen LogP contribution in [0.2, 0.25) is 0 Å². The lowest BCUT2D eigenvalue weighted by molar-refractivity contribution is -0.157. The minimum Gasteiger partial charge on any atom is -0.458 e. The number of carbonyl (C=O) groups excluding carboxylic acids is 2. The highest BCUT2D eigenvalue weighted by Crippen LogP contribution is 2.13. The van der Waals surface area contributed by atoms with E-state index in [0.29, 0.717) is 4.60 Å². The van der Waals surface area contributed by atoms with Gasteiger partial charge in [-0.3, -0.25) is 0 Å². The molecule has 1 heterocycles. The molecule has 0 spiro atoms. The molecule has 144 valence electrons. The van der Waals surface area contributed by atoms with Gasteiger partial charge in [0.05, 0.1) is 0 Å². The maximum absolute atomic E-state index is 12.5. The molecule has 0 aliphatic rings.